The Bertz CT molecular complexity index is 357. The van der Waals surface area contributed by atoms with E-state index >= 15 is 0 Å². The molecule has 0 radical (unpaired) electrons. The van der Waals surface area contributed by atoms with Gasteiger partial charge in [-0.25, -0.2) is 0 Å². The fraction of sp³-hybridized carbons (Fsp3) is 0.857. The van der Waals surface area contributed by atoms with Crippen molar-refractivity contribution in [3.05, 3.63) is 0 Å². The number of carbonyl (C=O) groups excluding carboxylic acids is 1. The van der Waals surface area contributed by atoms with Gasteiger partial charge in [0.05, 0.1) is 12.6 Å². The topological polar surface area (TPSA) is 82.2 Å². The first-order chi connectivity index (χ1) is 9.17. The van der Waals surface area contributed by atoms with Gasteiger partial charge in [-0.15, -0.1) is 0 Å². The van der Waals surface area contributed by atoms with Crippen LogP contribution in [0.3, 0.4) is 0 Å². The summed E-state index contributed by atoms with van der Waals surface area (Å²) in [4.78, 5) is 14.3. The van der Waals surface area contributed by atoms with Crippen LogP contribution in [0.15, 0.2) is 0 Å². The smallest absolute Gasteiger partial charge is 0.235 e. The van der Waals surface area contributed by atoms with E-state index in [2.05, 4.69) is 16.3 Å². The van der Waals surface area contributed by atoms with Gasteiger partial charge < -0.3 is 11.1 Å². The van der Waals surface area contributed by atoms with E-state index in [-0.39, 0.29) is 5.91 Å². The molecule has 2 fully saturated rings. The number of nitrogens with two attached hydrogens (primary N) is 1. The molecule has 0 spiro atoms. The Morgan fingerprint density at radius 1 is 1.42 bits per heavy atom. The van der Waals surface area contributed by atoms with Crippen LogP contribution in [0.25, 0.3) is 0 Å². The largest absolute Gasteiger partial charge is 0.337 e. The number of hydrogen-bond donors (Lipinski definition) is 2. The summed E-state index contributed by atoms with van der Waals surface area (Å²) in [6.07, 6.45) is 5.93. The first-order valence-corrected chi connectivity index (χ1v) is 7.32. The van der Waals surface area contributed by atoms with Gasteiger partial charge in [0, 0.05) is 6.54 Å². The molecule has 1 saturated carbocycles. The van der Waals surface area contributed by atoms with Crippen LogP contribution in [0.5, 0.6) is 0 Å². The molecule has 1 saturated heterocycles. The third kappa shape index (κ3) is 3.68. The van der Waals surface area contributed by atoms with Crippen molar-refractivity contribution in [2.45, 2.75) is 44.1 Å². The van der Waals surface area contributed by atoms with Gasteiger partial charge in [0.15, 0.2) is 0 Å². The van der Waals surface area contributed by atoms with Crippen LogP contribution < -0.4 is 11.1 Å². The maximum atomic E-state index is 12.1. The number of nitrogens with one attached hydrogen (secondary N) is 1. The molecule has 0 aromatic heterocycles. The zero-order valence-electron chi connectivity index (χ0n) is 11.5. The van der Waals surface area contributed by atoms with E-state index < -0.39 is 5.54 Å². The number of nitrogens with zero attached hydrogens (tertiary/aromatic N) is 2. The van der Waals surface area contributed by atoms with E-state index in [9.17, 15) is 10.1 Å². The van der Waals surface area contributed by atoms with Gasteiger partial charge in [-0.2, -0.15) is 5.26 Å². The van der Waals surface area contributed by atoms with E-state index in [0.717, 1.165) is 51.6 Å². The number of rotatable bonds is 4. The molecule has 1 heterocycles. The second-order valence-corrected chi connectivity index (χ2v) is 5.93. The molecule has 0 aromatic carbocycles. The van der Waals surface area contributed by atoms with Crippen molar-refractivity contribution in [3.63, 3.8) is 0 Å². The average molecular weight is 264 g/mol. The second-order valence-electron chi connectivity index (χ2n) is 5.93. The maximum absolute atomic E-state index is 12.1. The van der Waals surface area contributed by atoms with Gasteiger partial charge >= 0.3 is 0 Å². The minimum Gasteiger partial charge on any atom is -0.337 e. The molecular weight excluding hydrogens is 240 g/mol. The van der Waals surface area contributed by atoms with Crippen LogP contribution in [0.4, 0.5) is 0 Å². The summed E-state index contributed by atoms with van der Waals surface area (Å²) in [6.45, 7) is 2.97. The fourth-order valence-electron chi connectivity index (χ4n) is 3.24. The molecule has 3 N–H and O–H groups in total. The lowest BCUT2D eigenvalue weighted by Crippen LogP contribution is -2.50. The summed E-state index contributed by atoms with van der Waals surface area (Å²) in [5.74, 6) is 0.499. The summed E-state index contributed by atoms with van der Waals surface area (Å²) < 4.78 is 0. The highest BCUT2D eigenvalue weighted by Crippen LogP contribution is 2.28. The molecular formula is C14H24N4O. The Hall–Kier alpha value is -1.12. The monoisotopic (exact) mass is 264 g/mol. The van der Waals surface area contributed by atoms with Crippen molar-refractivity contribution in [3.8, 4) is 6.07 Å². The summed E-state index contributed by atoms with van der Waals surface area (Å²) in [5.41, 5.74) is 5.10. The maximum Gasteiger partial charge on any atom is 0.235 e. The van der Waals surface area contributed by atoms with E-state index in [1.165, 1.54) is 0 Å². The Balaban J connectivity index is 1.82. The van der Waals surface area contributed by atoms with Crippen molar-refractivity contribution < 1.29 is 4.79 Å². The quantitative estimate of drug-likeness (QED) is 0.779. The Morgan fingerprint density at radius 2 is 2.16 bits per heavy atom. The van der Waals surface area contributed by atoms with Crippen molar-refractivity contribution in [1.82, 2.24) is 10.2 Å². The number of nitriles is 1. The SMILES string of the molecule is N#CC1(NC(=O)CN2CCCC(CN)C2)CCCC1. The molecule has 19 heavy (non-hydrogen) atoms. The molecule has 1 aliphatic heterocycles. The molecule has 0 bridgehead atoms. The van der Waals surface area contributed by atoms with Crippen molar-refractivity contribution in [2.75, 3.05) is 26.2 Å². The van der Waals surface area contributed by atoms with Crippen LogP contribution >= 0.6 is 0 Å². The molecule has 1 aliphatic carbocycles. The van der Waals surface area contributed by atoms with E-state index in [1.54, 1.807) is 0 Å². The van der Waals surface area contributed by atoms with Crippen molar-refractivity contribution in [2.24, 2.45) is 11.7 Å². The second kappa shape index (κ2) is 6.36. The van der Waals surface area contributed by atoms with Gasteiger partial charge in [0.25, 0.3) is 0 Å². The third-order valence-electron chi connectivity index (χ3n) is 4.35. The van der Waals surface area contributed by atoms with Gasteiger partial charge in [0.1, 0.15) is 5.54 Å². The zero-order chi connectivity index (χ0) is 13.7. The first kappa shape index (κ1) is 14.3. The van der Waals surface area contributed by atoms with Gasteiger partial charge in [-0.1, -0.05) is 0 Å². The molecule has 5 nitrogen and oxygen atoms in total. The molecule has 106 valence electrons. The highest BCUT2D eigenvalue weighted by atomic mass is 16.2. The molecule has 1 atom stereocenters. The normalized spacial score (nSPS) is 26.8. The lowest BCUT2D eigenvalue weighted by atomic mass is 9.98. The van der Waals surface area contributed by atoms with Crippen molar-refractivity contribution >= 4 is 5.91 Å². The Labute approximate surface area is 115 Å². The van der Waals surface area contributed by atoms with E-state index in [0.29, 0.717) is 19.0 Å². The summed E-state index contributed by atoms with van der Waals surface area (Å²) >= 11 is 0. The average Bonchev–Trinajstić information content (AvgIpc) is 2.88. The summed E-state index contributed by atoms with van der Waals surface area (Å²) in [6, 6.07) is 2.30. The van der Waals surface area contributed by atoms with Gasteiger partial charge in [0.2, 0.25) is 5.91 Å². The zero-order valence-corrected chi connectivity index (χ0v) is 11.5. The lowest BCUT2D eigenvalue weighted by Gasteiger charge is -2.32. The number of carbonyl (C=O) groups is 1. The number of piperidine rings is 1. The summed E-state index contributed by atoms with van der Waals surface area (Å²) in [7, 11) is 0. The van der Waals surface area contributed by atoms with Gasteiger partial charge in [-0.3, -0.25) is 9.69 Å². The molecule has 2 aliphatic rings. The van der Waals surface area contributed by atoms with Crippen LogP contribution in [-0.4, -0.2) is 42.5 Å². The minimum atomic E-state index is -0.597. The summed E-state index contributed by atoms with van der Waals surface area (Å²) in [5, 5.41) is 12.2. The van der Waals surface area contributed by atoms with E-state index in [1.807, 2.05) is 0 Å². The number of likely N-dealkylation sites (tertiary alicyclic amines) is 1. The standard InChI is InChI=1S/C14H24N4O/c15-8-12-4-3-7-18(9-12)10-13(19)17-14(11-16)5-1-2-6-14/h12H,1-10,15H2,(H,17,19). The lowest BCUT2D eigenvalue weighted by molar-refractivity contribution is -0.124. The Kier molecular flexibility index (Phi) is 4.78. The highest BCUT2D eigenvalue weighted by Gasteiger charge is 2.35. The Morgan fingerprint density at radius 3 is 2.79 bits per heavy atom. The third-order valence-corrected chi connectivity index (χ3v) is 4.35. The van der Waals surface area contributed by atoms with Crippen LogP contribution in [0.2, 0.25) is 0 Å². The molecule has 1 amide bonds. The minimum absolute atomic E-state index is 0.0129. The molecule has 5 heteroatoms. The van der Waals surface area contributed by atoms with E-state index in [4.69, 9.17) is 5.73 Å². The predicted octanol–water partition coefficient (Wildman–Crippen LogP) is 0.610. The first-order valence-electron chi connectivity index (χ1n) is 7.32. The number of amides is 1. The molecule has 2 rings (SSSR count). The molecule has 0 aromatic rings. The van der Waals surface area contributed by atoms with Crippen LogP contribution in [0, 0.1) is 17.2 Å². The van der Waals surface area contributed by atoms with Crippen molar-refractivity contribution in [1.29, 1.82) is 5.26 Å². The van der Waals surface area contributed by atoms with Crippen LogP contribution in [-0.2, 0) is 4.79 Å². The van der Waals surface area contributed by atoms with Crippen LogP contribution in [0.1, 0.15) is 38.5 Å². The number of hydrogen-bond acceptors (Lipinski definition) is 4. The predicted molar refractivity (Wildman–Crippen MR) is 73.2 cm³/mol. The molecule has 1 unspecified atom stereocenters. The van der Waals surface area contributed by atoms with Gasteiger partial charge in [-0.05, 0) is 57.5 Å². The highest BCUT2D eigenvalue weighted by molar-refractivity contribution is 5.79. The fourth-order valence-corrected chi connectivity index (χ4v) is 3.24.